The first kappa shape index (κ1) is 13.8. The van der Waals surface area contributed by atoms with E-state index in [1.807, 2.05) is 0 Å². The highest BCUT2D eigenvalue weighted by atomic mass is 16.5. The highest BCUT2D eigenvalue weighted by Gasteiger charge is 2.01. The van der Waals surface area contributed by atoms with E-state index in [1.165, 1.54) is 6.42 Å². The second-order valence-corrected chi connectivity index (χ2v) is 3.82. The molecule has 0 saturated carbocycles. The molecule has 0 amide bonds. The number of unbranched alkanes of at least 4 members (excludes halogenated alkanes) is 1. The Bertz CT molecular complexity index is 121. The van der Waals surface area contributed by atoms with Crippen molar-refractivity contribution in [2.75, 3.05) is 47.4 Å². The van der Waals surface area contributed by atoms with Crippen molar-refractivity contribution in [3.8, 4) is 0 Å². The smallest absolute Gasteiger partial charge is 0.0897 e. The molecule has 14 heavy (non-hydrogen) atoms. The first-order valence-electron chi connectivity index (χ1n) is 5.19. The summed E-state index contributed by atoms with van der Waals surface area (Å²) in [6.45, 7) is 3.12. The lowest BCUT2D eigenvalue weighted by molar-refractivity contribution is 0.0646. The second-order valence-electron chi connectivity index (χ2n) is 3.82. The van der Waals surface area contributed by atoms with Crippen LogP contribution in [0.3, 0.4) is 0 Å². The zero-order valence-electron chi connectivity index (χ0n) is 9.62. The normalized spacial score (nSPS) is 13.5. The van der Waals surface area contributed by atoms with E-state index in [0.717, 1.165) is 19.5 Å². The highest BCUT2D eigenvalue weighted by molar-refractivity contribution is 4.58. The van der Waals surface area contributed by atoms with Crippen LogP contribution in [0.4, 0.5) is 0 Å². The summed E-state index contributed by atoms with van der Waals surface area (Å²) in [5.41, 5.74) is 0. The minimum Gasteiger partial charge on any atom is -0.389 e. The van der Waals surface area contributed by atoms with Crippen molar-refractivity contribution in [1.82, 2.24) is 10.2 Å². The maximum Gasteiger partial charge on any atom is 0.0897 e. The van der Waals surface area contributed by atoms with E-state index in [9.17, 15) is 5.11 Å². The van der Waals surface area contributed by atoms with Crippen molar-refractivity contribution >= 4 is 0 Å². The molecule has 86 valence electrons. The first-order chi connectivity index (χ1) is 6.66. The molecule has 0 bridgehead atoms. The van der Waals surface area contributed by atoms with Gasteiger partial charge in [0.1, 0.15) is 0 Å². The van der Waals surface area contributed by atoms with Crippen LogP contribution in [0.25, 0.3) is 0 Å². The summed E-state index contributed by atoms with van der Waals surface area (Å²) in [4.78, 5) is 2.18. The van der Waals surface area contributed by atoms with Gasteiger partial charge in [0.05, 0.1) is 12.7 Å². The van der Waals surface area contributed by atoms with Gasteiger partial charge in [-0.15, -0.1) is 0 Å². The average molecular weight is 204 g/mol. The molecule has 0 aliphatic heterocycles. The van der Waals surface area contributed by atoms with Gasteiger partial charge >= 0.3 is 0 Å². The summed E-state index contributed by atoms with van der Waals surface area (Å²) in [5.74, 6) is 0. The number of nitrogens with one attached hydrogen (secondary N) is 1. The lowest BCUT2D eigenvalue weighted by Crippen LogP contribution is -2.30. The largest absolute Gasteiger partial charge is 0.389 e. The maximum absolute atomic E-state index is 9.30. The molecule has 0 aliphatic carbocycles. The van der Waals surface area contributed by atoms with Crippen LogP contribution in [-0.2, 0) is 4.74 Å². The summed E-state index contributed by atoms with van der Waals surface area (Å²) in [7, 11) is 5.76. The standard InChI is InChI=1S/C10H24N2O2/c1-12(2)7-5-4-6-11-8-10(13)9-14-3/h10-11,13H,4-9H2,1-3H3. The molecule has 0 aromatic heterocycles. The van der Waals surface area contributed by atoms with Crippen LogP contribution in [0.1, 0.15) is 12.8 Å². The Balaban J connectivity index is 3.05. The second kappa shape index (κ2) is 9.40. The lowest BCUT2D eigenvalue weighted by atomic mass is 10.3. The lowest BCUT2D eigenvalue weighted by Gasteiger charge is -2.11. The summed E-state index contributed by atoms with van der Waals surface area (Å²) in [6.07, 6.45) is 1.96. The molecule has 0 aromatic rings. The fourth-order valence-corrected chi connectivity index (χ4v) is 1.20. The molecule has 1 atom stereocenters. The minimum atomic E-state index is -0.381. The third-order valence-electron chi connectivity index (χ3n) is 1.95. The minimum absolute atomic E-state index is 0.381. The van der Waals surface area contributed by atoms with E-state index in [4.69, 9.17) is 4.74 Å². The van der Waals surface area contributed by atoms with Gasteiger partial charge in [-0.3, -0.25) is 0 Å². The monoisotopic (exact) mass is 204 g/mol. The SMILES string of the molecule is COCC(O)CNCCCCN(C)C. The van der Waals surface area contributed by atoms with Crippen LogP contribution in [0.2, 0.25) is 0 Å². The molecule has 1 unspecified atom stereocenters. The van der Waals surface area contributed by atoms with Crippen LogP contribution in [0.15, 0.2) is 0 Å². The highest BCUT2D eigenvalue weighted by Crippen LogP contribution is 1.89. The van der Waals surface area contributed by atoms with E-state index in [2.05, 4.69) is 24.3 Å². The van der Waals surface area contributed by atoms with Gasteiger partial charge in [-0.1, -0.05) is 0 Å². The third-order valence-corrected chi connectivity index (χ3v) is 1.95. The first-order valence-corrected chi connectivity index (χ1v) is 5.19. The van der Waals surface area contributed by atoms with E-state index < -0.39 is 0 Å². The Hall–Kier alpha value is -0.160. The van der Waals surface area contributed by atoms with Crippen molar-refractivity contribution in [2.45, 2.75) is 18.9 Å². The van der Waals surface area contributed by atoms with Crippen LogP contribution in [0.5, 0.6) is 0 Å². The zero-order chi connectivity index (χ0) is 10.8. The number of hydrogen-bond donors (Lipinski definition) is 2. The molecule has 2 N–H and O–H groups in total. The molecule has 4 nitrogen and oxygen atoms in total. The van der Waals surface area contributed by atoms with Gasteiger partial charge < -0.3 is 20.1 Å². The topological polar surface area (TPSA) is 44.7 Å². The molecular weight excluding hydrogens is 180 g/mol. The van der Waals surface area contributed by atoms with Crippen molar-refractivity contribution < 1.29 is 9.84 Å². The van der Waals surface area contributed by atoms with Crippen LogP contribution in [0, 0.1) is 0 Å². The van der Waals surface area contributed by atoms with Gasteiger partial charge in [0.15, 0.2) is 0 Å². The molecule has 4 heteroatoms. The molecule has 0 aromatic carbocycles. The summed E-state index contributed by atoms with van der Waals surface area (Å²) >= 11 is 0. The van der Waals surface area contributed by atoms with E-state index >= 15 is 0 Å². The number of aliphatic hydroxyl groups excluding tert-OH is 1. The fraction of sp³-hybridized carbons (Fsp3) is 1.00. The van der Waals surface area contributed by atoms with Crippen LogP contribution >= 0.6 is 0 Å². The Kier molecular flexibility index (Phi) is 9.29. The molecule has 0 fully saturated rings. The molecule has 0 radical (unpaired) electrons. The molecule has 0 rings (SSSR count). The molecular formula is C10H24N2O2. The van der Waals surface area contributed by atoms with E-state index in [0.29, 0.717) is 13.2 Å². The van der Waals surface area contributed by atoms with Gasteiger partial charge in [-0.2, -0.15) is 0 Å². The van der Waals surface area contributed by atoms with Gasteiger partial charge in [-0.25, -0.2) is 0 Å². The third kappa shape index (κ3) is 9.92. The Morgan fingerprint density at radius 3 is 2.64 bits per heavy atom. The van der Waals surface area contributed by atoms with Gasteiger partial charge in [0, 0.05) is 13.7 Å². The van der Waals surface area contributed by atoms with Crippen LogP contribution in [-0.4, -0.2) is 63.6 Å². The average Bonchev–Trinajstić information content (AvgIpc) is 2.11. The molecule has 0 saturated heterocycles. The number of nitrogens with zero attached hydrogens (tertiary/aromatic N) is 1. The number of aliphatic hydroxyl groups is 1. The van der Waals surface area contributed by atoms with Gasteiger partial charge in [0.2, 0.25) is 0 Å². The molecule has 0 aliphatic rings. The quantitative estimate of drug-likeness (QED) is 0.516. The number of rotatable bonds is 9. The maximum atomic E-state index is 9.30. The van der Waals surface area contributed by atoms with Crippen molar-refractivity contribution in [3.05, 3.63) is 0 Å². The predicted molar refractivity (Wildman–Crippen MR) is 58.5 cm³/mol. The van der Waals surface area contributed by atoms with E-state index in [1.54, 1.807) is 7.11 Å². The number of hydrogen-bond acceptors (Lipinski definition) is 4. The Morgan fingerprint density at radius 2 is 2.07 bits per heavy atom. The summed E-state index contributed by atoms with van der Waals surface area (Å²) < 4.78 is 4.82. The fourth-order valence-electron chi connectivity index (χ4n) is 1.20. The Morgan fingerprint density at radius 1 is 1.36 bits per heavy atom. The zero-order valence-corrected chi connectivity index (χ0v) is 9.62. The van der Waals surface area contributed by atoms with E-state index in [-0.39, 0.29) is 6.10 Å². The Labute approximate surface area is 87.2 Å². The van der Waals surface area contributed by atoms with Gasteiger partial charge in [-0.05, 0) is 40.0 Å². The van der Waals surface area contributed by atoms with Crippen molar-refractivity contribution in [2.24, 2.45) is 0 Å². The predicted octanol–water partition coefficient (Wildman–Crippen LogP) is -0.0749. The van der Waals surface area contributed by atoms with Gasteiger partial charge in [0.25, 0.3) is 0 Å². The molecule has 0 spiro atoms. The molecule has 0 heterocycles. The number of methoxy groups -OCH3 is 1. The van der Waals surface area contributed by atoms with Crippen molar-refractivity contribution in [3.63, 3.8) is 0 Å². The summed E-state index contributed by atoms with van der Waals surface area (Å²) in [6, 6.07) is 0. The number of ether oxygens (including phenoxy) is 1. The van der Waals surface area contributed by atoms with Crippen LogP contribution < -0.4 is 5.32 Å². The van der Waals surface area contributed by atoms with Crippen molar-refractivity contribution in [1.29, 1.82) is 0 Å². The summed E-state index contributed by atoms with van der Waals surface area (Å²) in [5, 5.41) is 12.5.